The van der Waals surface area contributed by atoms with Crippen molar-refractivity contribution in [3.8, 4) is 0 Å². The molecule has 20 heavy (non-hydrogen) atoms. The van der Waals surface area contributed by atoms with E-state index >= 15 is 0 Å². The summed E-state index contributed by atoms with van der Waals surface area (Å²) in [4.78, 5) is 12.2. The standard InChI is InChI=1S/C14H18F2N2O2/c15-11-3-1-10(2-4-11)12(16)14(9-17)5-7-18(8-6-14)13(19)20/h1-4,12H,5-9,17H2,(H,19,20). The van der Waals surface area contributed by atoms with Gasteiger partial charge in [-0.05, 0) is 30.5 Å². The number of rotatable bonds is 3. The van der Waals surface area contributed by atoms with E-state index < -0.39 is 23.5 Å². The molecule has 1 aromatic carbocycles. The second kappa shape index (κ2) is 5.75. The van der Waals surface area contributed by atoms with Gasteiger partial charge in [0.05, 0.1) is 0 Å². The van der Waals surface area contributed by atoms with E-state index in [0.717, 1.165) is 0 Å². The molecule has 3 N–H and O–H groups in total. The normalized spacial score (nSPS) is 19.6. The van der Waals surface area contributed by atoms with Crippen molar-refractivity contribution < 1.29 is 18.7 Å². The molecule has 1 amide bonds. The lowest BCUT2D eigenvalue weighted by atomic mass is 9.72. The minimum absolute atomic E-state index is 0.138. The molecule has 1 saturated heterocycles. The van der Waals surface area contributed by atoms with Gasteiger partial charge in [-0.2, -0.15) is 0 Å². The zero-order chi connectivity index (χ0) is 14.8. The number of carbonyl (C=O) groups is 1. The SMILES string of the molecule is NCC1(C(F)c2ccc(F)cc2)CCN(C(=O)O)CC1. The molecule has 1 unspecified atom stereocenters. The number of carboxylic acid groups (broad SMARTS) is 1. The average Bonchev–Trinajstić information content (AvgIpc) is 2.47. The summed E-state index contributed by atoms with van der Waals surface area (Å²) in [6.45, 7) is 0.682. The quantitative estimate of drug-likeness (QED) is 0.896. The fraction of sp³-hybridized carbons (Fsp3) is 0.500. The summed E-state index contributed by atoms with van der Waals surface area (Å²) in [5, 5.41) is 8.93. The molecule has 0 radical (unpaired) electrons. The molecule has 1 aliphatic rings. The van der Waals surface area contributed by atoms with Crippen LogP contribution < -0.4 is 5.73 Å². The Bertz CT molecular complexity index is 471. The third kappa shape index (κ3) is 2.75. The van der Waals surface area contributed by atoms with Crippen LogP contribution in [0.4, 0.5) is 13.6 Å². The van der Waals surface area contributed by atoms with E-state index in [9.17, 15) is 13.6 Å². The number of piperidine rings is 1. The van der Waals surface area contributed by atoms with Crippen molar-refractivity contribution in [3.05, 3.63) is 35.6 Å². The van der Waals surface area contributed by atoms with Crippen molar-refractivity contribution >= 4 is 6.09 Å². The number of alkyl halides is 1. The van der Waals surface area contributed by atoms with Gasteiger partial charge in [0.1, 0.15) is 12.0 Å². The van der Waals surface area contributed by atoms with Crippen LogP contribution in [0, 0.1) is 11.2 Å². The van der Waals surface area contributed by atoms with Crippen LogP contribution in [-0.4, -0.2) is 35.7 Å². The summed E-state index contributed by atoms with van der Waals surface area (Å²) < 4.78 is 27.7. The van der Waals surface area contributed by atoms with E-state index in [2.05, 4.69) is 0 Å². The number of hydrogen-bond donors (Lipinski definition) is 2. The highest BCUT2D eigenvalue weighted by Crippen LogP contribution is 2.44. The van der Waals surface area contributed by atoms with E-state index in [1.165, 1.54) is 29.2 Å². The first-order chi connectivity index (χ1) is 9.48. The topological polar surface area (TPSA) is 66.6 Å². The summed E-state index contributed by atoms with van der Waals surface area (Å²) in [6, 6.07) is 5.28. The molecule has 2 rings (SSSR count). The zero-order valence-electron chi connectivity index (χ0n) is 11.1. The van der Waals surface area contributed by atoms with E-state index in [-0.39, 0.29) is 19.6 Å². The fourth-order valence-electron chi connectivity index (χ4n) is 2.69. The predicted octanol–water partition coefficient (Wildman–Crippen LogP) is 2.56. The third-order valence-corrected chi connectivity index (χ3v) is 4.14. The molecule has 1 aliphatic heterocycles. The van der Waals surface area contributed by atoms with Crippen molar-refractivity contribution in [2.75, 3.05) is 19.6 Å². The minimum atomic E-state index is -1.32. The van der Waals surface area contributed by atoms with Crippen molar-refractivity contribution in [2.45, 2.75) is 19.0 Å². The monoisotopic (exact) mass is 284 g/mol. The van der Waals surface area contributed by atoms with Gasteiger partial charge < -0.3 is 15.7 Å². The summed E-state index contributed by atoms with van der Waals surface area (Å²) in [6.07, 6.45) is -1.57. The van der Waals surface area contributed by atoms with Crippen LogP contribution in [0.5, 0.6) is 0 Å². The van der Waals surface area contributed by atoms with Crippen LogP contribution in [0.1, 0.15) is 24.6 Å². The molecule has 0 saturated carbocycles. The van der Waals surface area contributed by atoms with Crippen molar-refractivity contribution in [2.24, 2.45) is 11.1 Å². The van der Waals surface area contributed by atoms with Crippen LogP contribution in [0.2, 0.25) is 0 Å². The molecule has 1 heterocycles. The Morgan fingerprint density at radius 3 is 2.35 bits per heavy atom. The van der Waals surface area contributed by atoms with Gasteiger partial charge in [-0.15, -0.1) is 0 Å². The molecule has 0 aliphatic carbocycles. The van der Waals surface area contributed by atoms with Crippen LogP contribution in [0.15, 0.2) is 24.3 Å². The molecule has 1 atom stereocenters. The van der Waals surface area contributed by atoms with Crippen molar-refractivity contribution in [1.29, 1.82) is 0 Å². The van der Waals surface area contributed by atoms with Crippen LogP contribution >= 0.6 is 0 Å². The van der Waals surface area contributed by atoms with Gasteiger partial charge in [0.15, 0.2) is 0 Å². The maximum Gasteiger partial charge on any atom is 0.407 e. The van der Waals surface area contributed by atoms with Gasteiger partial charge in [-0.25, -0.2) is 13.6 Å². The summed E-state index contributed by atoms with van der Waals surface area (Å²) in [5.41, 5.74) is 5.36. The summed E-state index contributed by atoms with van der Waals surface area (Å²) in [5.74, 6) is -0.413. The number of halogens is 2. The lowest BCUT2D eigenvalue weighted by Crippen LogP contribution is -2.47. The largest absolute Gasteiger partial charge is 0.465 e. The number of nitrogens with zero attached hydrogens (tertiary/aromatic N) is 1. The third-order valence-electron chi connectivity index (χ3n) is 4.14. The number of hydrogen-bond acceptors (Lipinski definition) is 2. The Morgan fingerprint density at radius 1 is 1.35 bits per heavy atom. The second-order valence-electron chi connectivity index (χ2n) is 5.25. The molecule has 110 valence electrons. The first-order valence-electron chi connectivity index (χ1n) is 6.56. The molecule has 1 fully saturated rings. The lowest BCUT2D eigenvalue weighted by molar-refractivity contribution is 0.0327. The Labute approximate surface area is 116 Å². The van der Waals surface area contributed by atoms with Gasteiger partial charge in [-0.3, -0.25) is 0 Å². The van der Waals surface area contributed by atoms with E-state index in [4.69, 9.17) is 10.8 Å². The number of amides is 1. The average molecular weight is 284 g/mol. The Kier molecular flexibility index (Phi) is 4.23. The van der Waals surface area contributed by atoms with E-state index in [0.29, 0.717) is 18.4 Å². The highest BCUT2D eigenvalue weighted by atomic mass is 19.1. The number of nitrogens with two attached hydrogens (primary N) is 1. The van der Waals surface area contributed by atoms with E-state index in [1.54, 1.807) is 0 Å². The molecule has 0 spiro atoms. The Morgan fingerprint density at radius 2 is 1.90 bits per heavy atom. The Balaban J connectivity index is 2.15. The Hall–Kier alpha value is -1.69. The predicted molar refractivity (Wildman–Crippen MR) is 70.6 cm³/mol. The zero-order valence-corrected chi connectivity index (χ0v) is 11.1. The molecule has 4 nitrogen and oxygen atoms in total. The molecule has 1 aromatic rings. The molecular weight excluding hydrogens is 266 g/mol. The molecule has 6 heteroatoms. The smallest absolute Gasteiger partial charge is 0.407 e. The summed E-state index contributed by atoms with van der Waals surface area (Å²) >= 11 is 0. The maximum atomic E-state index is 14.8. The first-order valence-corrected chi connectivity index (χ1v) is 6.56. The second-order valence-corrected chi connectivity index (χ2v) is 5.25. The summed E-state index contributed by atoms with van der Waals surface area (Å²) in [7, 11) is 0. The molecular formula is C14H18F2N2O2. The van der Waals surface area contributed by atoms with Gasteiger partial charge in [0.25, 0.3) is 0 Å². The van der Waals surface area contributed by atoms with E-state index in [1.807, 2.05) is 0 Å². The fourth-order valence-corrected chi connectivity index (χ4v) is 2.69. The van der Waals surface area contributed by atoms with Gasteiger partial charge >= 0.3 is 6.09 Å². The van der Waals surface area contributed by atoms with Gasteiger partial charge in [-0.1, -0.05) is 12.1 Å². The molecule has 0 aromatic heterocycles. The number of benzene rings is 1. The van der Waals surface area contributed by atoms with Crippen LogP contribution in [0.25, 0.3) is 0 Å². The van der Waals surface area contributed by atoms with Gasteiger partial charge in [0.2, 0.25) is 0 Å². The van der Waals surface area contributed by atoms with Gasteiger partial charge in [0, 0.05) is 25.0 Å². The molecule has 0 bridgehead atoms. The van der Waals surface area contributed by atoms with Crippen LogP contribution in [0.3, 0.4) is 0 Å². The maximum absolute atomic E-state index is 14.8. The highest BCUT2D eigenvalue weighted by molar-refractivity contribution is 5.65. The minimum Gasteiger partial charge on any atom is -0.465 e. The van der Waals surface area contributed by atoms with Crippen molar-refractivity contribution in [3.63, 3.8) is 0 Å². The van der Waals surface area contributed by atoms with Crippen molar-refractivity contribution in [1.82, 2.24) is 4.90 Å². The van der Waals surface area contributed by atoms with Crippen LogP contribution in [-0.2, 0) is 0 Å². The lowest BCUT2D eigenvalue weighted by Gasteiger charge is -2.42. The first kappa shape index (κ1) is 14.7. The number of likely N-dealkylation sites (tertiary alicyclic amines) is 1. The highest BCUT2D eigenvalue weighted by Gasteiger charge is 2.42.